The van der Waals surface area contributed by atoms with Gasteiger partial charge in [-0.2, -0.15) is 5.10 Å². The van der Waals surface area contributed by atoms with E-state index < -0.39 is 5.82 Å². The Morgan fingerprint density at radius 3 is 2.79 bits per heavy atom. The third kappa shape index (κ3) is 3.76. The van der Waals surface area contributed by atoms with Crippen LogP contribution in [0.25, 0.3) is 0 Å². The number of rotatable bonds is 4. The van der Waals surface area contributed by atoms with E-state index in [1.54, 1.807) is 10.7 Å². The van der Waals surface area contributed by atoms with Gasteiger partial charge in [0.15, 0.2) is 5.69 Å². The van der Waals surface area contributed by atoms with Crippen LogP contribution in [0.3, 0.4) is 0 Å². The van der Waals surface area contributed by atoms with Gasteiger partial charge < -0.3 is 10.2 Å². The van der Waals surface area contributed by atoms with Crippen LogP contribution in [0.1, 0.15) is 58.6 Å². The molecule has 1 fully saturated rings. The van der Waals surface area contributed by atoms with Crippen LogP contribution in [0.4, 0.5) is 4.39 Å². The van der Waals surface area contributed by atoms with Crippen LogP contribution in [-0.4, -0.2) is 39.1 Å². The fourth-order valence-electron chi connectivity index (χ4n) is 3.88. The average Bonchev–Trinajstić information content (AvgIpc) is 3.13. The van der Waals surface area contributed by atoms with E-state index >= 15 is 0 Å². The fourth-order valence-corrected chi connectivity index (χ4v) is 4.10. The summed E-state index contributed by atoms with van der Waals surface area (Å²) in [6.45, 7) is 0.908. The van der Waals surface area contributed by atoms with Gasteiger partial charge in [0.05, 0.1) is 13.1 Å². The SMILES string of the molecule is O=C(NC1CCCCC1)c1cc2n(n1)CCN(Cc1c(F)cccc1Cl)C2=O. The first-order valence-corrected chi connectivity index (χ1v) is 10.0. The van der Waals surface area contributed by atoms with Crippen LogP contribution in [0.15, 0.2) is 24.3 Å². The summed E-state index contributed by atoms with van der Waals surface area (Å²) in [5, 5.41) is 7.61. The lowest BCUT2D eigenvalue weighted by Crippen LogP contribution is -2.40. The molecule has 8 heteroatoms. The van der Waals surface area contributed by atoms with Crippen molar-refractivity contribution in [2.75, 3.05) is 6.54 Å². The number of hydrogen-bond donors (Lipinski definition) is 1. The number of hydrogen-bond acceptors (Lipinski definition) is 3. The van der Waals surface area contributed by atoms with Gasteiger partial charge in [0, 0.05) is 29.2 Å². The number of benzene rings is 1. The average molecular weight is 405 g/mol. The number of fused-ring (bicyclic) bond motifs is 1. The lowest BCUT2D eigenvalue weighted by atomic mass is 9.95. The monoisotopic (exact) mass is 404 g/mol. The molecule has 148 valence electrons. The van der Waals surface area contributed by atoms with Crippen molar-refractivity contribution in [3.8, 4) is 0 Å². The minimum absolute atomic E-state index is 0.0825. The number of halogens is 2. The summed E-state index contributed by atoms with van der Waals surface area (Å²) in [7, 11) is 0. The van der Waals surface area contributed by atoms with E-state index in [0.29, 0.717) is 29.4 Å². The van der Waals surface area contributed by atoms with Crippen molar-refractivity contribution in [2.24, 2.45) is 0 Å². The molecule has 28 heavy (non-hydrogen) atoms. The van der Waals surface area contributed by atoms with Gasteiger partial charge in [-0.15, -0.1) is 0 Å². The zero-order valence-electron chi connectivity index (χ0n) is 15.5. The van der Waals surface area contributed by atoms with Crippen molar-refractivity contribution in [1.29, 1.82) is 0 Å². The van der Waals surface area contributed by atoms with Crippen molar-refractivity contribution in [3.05, 3.63) is 52.1 Å². The van der Waals surface area contributed by atoms with E-state index in [2.05, 4.69) is 10.4 Å². The van der Waals surface area contributed by atoms with Gasteiger partial charge in [0.25, 0.3) is 11.8 Å². The number of aromatic nitrogens is 2. The minimum atomic E-state index is -0.438. The highest BCUT2D eigenvalue weighted by Crippen LogP contribution is 2.24. The van der Waals surface area contributed by atoms with E-state index in [1.807, 2.05) is 0 Å². The lowest BCUT2D eigenvalue weighted by molar-refractivity contribution is 0.0681. The summed E-state index contributed by atoms with van der Waals surface area (Å²) in [5.74, 6) is -0.966. The van der Waals surface area contributed by atoms with Gasteiger partial charge in [-0.05, 0) is 25.0 Å². The smallest absolute Gasteiger partial charge is 0.272 e. The summed E-state index contributed by atoms with van der Waals surface area (Å²) in [6, 6.07) is 6.16. The van der Waals surface area contributed by atoms with Crippen molar-refractivity contribution in [2.45, 2.75) is 51.2 Å². The molecular formula is C20H22ClFN4O2. The molecule has 6 nitrogen and oxygen atoms in total. The number of carbonyl (C=O) groups excluding carboxylic acids is 2. The number of carbonyl (C=O) groups is 2. The number of nitrogens with zero attached hydrogens (tertiary/aromatic N) is 3. The van der Waals surface area contributed by atoms with Gasteiger partial charge in [-0.1, -0.05) is 36.9 Å². The largest absolute Gasteiger partial charge is 0.348 e. The molecular weight excluding hydrogens is 383 g/mol. The van der Waals surface area contributed by atoms with Gasteiger partial charge >= 0.3 is 0 Å². The first kappa shape index (κ1) is 18.9. The molecule has 0 atom stereocenters. The summed E-state index contributed by atoms with van der Waals surface area (Å²) < 4.78 is 15.6. The molecule has 1 saturated carbocycles. The second-order valence-electron chi connectivity index (χ2n) is 7.37. The van der Waals surface area contributed by atoms with Gasteiger partial charge in [-0.25, -0.2) is 4.39 Å². The molecule has 1 aliphatic carbocycles. The van der Waals surface area contributed by atoms with Crippen LogP contribution >= 0.6 is 11.6 Å². The van der Waals surface area contributed by atoms with E-state index in [9.17, 15) is 14.0 Å². The second kappa shape index (κ2) is 7.91. The molecule has 1 N–H and O–H groups in total. The molecule has 1 aromatic carbocycles. The van der Waals surface area contributed by atoms with Crippen LogP contribution in [0.2, 0.25) is 5.02 Å². The van der Waals surface area contributed by atoms with Crippen molar-refractivity contribution in [1.82, 2.24) is 20.0 Å². The molecule has 0 saturated heterocycles. The molecule has 0 bridgehead atoms. The molecule has 2 aliphatic rings. The zero-order valence-corrected chi connectivity index (χ0v) is 16.2. The van der Waals surface area contributed by atoms with Gasteiger partial charge in [0.2, 0.25) is 0 Å². The van der Waals surface area contributed by atoms with Gasteiger partial charge in [0.1, 0.15) is 11.5 Å². The number of nitrogens with one attached hydrogen (secondary N) is 1. The van der Waals surface area contributed by atoms with Crippen molar-refractivity contribution >= 4 is 23.4 Å². The molecule has 4 rings (SSSR count). The fraction of sp³-hybridized carbons (Fsp3) is 0.450. The standard InChI is InChI=1S/C20H22ClFN4O2/c21-15-7-4-8-16(22)14(15)12-25-9-10-26-18(20(25)28)11-17(24-26)19(27)23-13-5-2-1-3-6-13/h4,7-8,11,13H,1-3,5-6,9-10,12H2,(H,23,27). The van der Waals surface area contributed by atoms with Crippen molar-refractivity contribution in [3.63, 3.8) is 0 Å². The summed E-state index contributed by atoms with van der Waals surface area (Å²) in [5.41, 5.74) is 0.882. The molecule has 2 heterocycles. The van der Waals surface area contributed by atoms with Crippen LogP contribution < -0.4 is 5.32 Å². The van der Waals surface area contributed by atoms with Gasteiger partial charge in [-0.3, -0.25) is 14.3 Å². The maximum Gasteiger partial charge on any atom is 0.272 e. The summed E-state index contributed by atoms with van der Waals surface area (Å²) in [4.78, 5) is 26.9. The van der Waals surface area contributed by atoms with Crippen LogP contribution in [0, 0.1) is 5.82 Å². The minimum Gasteiger partial charge on any atom is -0.348 e. The maximum atomic E-state index is 14.1. The van der Waals surface area contributed by atoms with Crippen LogP contribution in [-0.2, 0) is 13.1 Å². The highest BCUT2D eigenvalue weighted by Gasteiger charge is 2.29. The summed E-state index contributed by atoms with van der Waals surface area (Å²) in [6.07, 6.45) is 5.42. The zero-order chi connectivity index (χ0) is 19.7. The van der Waals surface area contributed by atoms with E-state index in [-0.39, 0.29) is 30.1 Å². The Labute approximate surface area is 167 Å². The highest BCUT2D eigenvalue weighted by atomic mass is 35.5. The Hall–Kier alpha value is -2.41. The maximum absolute atomic E-state index is 14.1. The first-order chi connectivity index (χ1) is 13.5. The molecule has 2 amide bonds. The number of amides is 2. The highest BCUT2D eigenvalue weighted by molar-refractivity contribution is 6.31. The lowest BCUT2D eigenvalue weighted by Gasteiger charge is -2.27. The third-order valence-corrected chi connectivity index (χ3v) is 5.81. The predicted octanol–water partition coefficient (Wildman–Crippen LogP) is 3.39. The Bertz CT molecular complexity index is 887. The Balaban J connectivity index is 1.48. The second-order valence-corrected chi connectivity index (χ2v) is 7.78. The Morgan fingerprint density at radius 1 is 1.25 bits per heavy atom. The Kier molecular flexibility index (Phi) is 5.35. The quantitative estimate of drug-likeness (QED) is 0.849. The molecule has 0 radical (unpaired) electrons. The van der Waals surface area contributed by atoms with Crippen molar-refractivity contribution < 1.29 is 14.0 Å². The molecule has 1 aromatic heterocycles. The topological polar surface area (TPSA) is 67.2 Å². The molecule has 0 unspecified atom stereocenters. The third-order valence-electron chi connectivity index (χ3n) is 5.45. The summed E-state index contributed by atoms with van der Waals surface area (Å²) >= 11 is 6.09. The normalized spacial score (nSPS) is 17.5. The van der Waals surface area contributed by atoms with E-state index in [4.69, 9.17) is 11.6 Å². The molecule has 1 aliphatic heterocycles. The first-order valence-electron chi connectivity index (χ1n) is 9.64. The molecule has 0 spiro atoms. The predicted molar refractivity (Wildman–Crippen MR) is 103 cm³/mol. The van der Waals surface area contributed by atoms with Crippen LogP contribution in [0.5, 0.6) is 0 Å². The van der Waals surface area contributed by atoms with E-state index in [0.717, 1.165) is 25.7 Å². The van der Waals surface area contributed by atoms with E-state index in [1.165, 1.54) is 29.5 Å². The Morgan fingerprint density at radius 2 is 2.04 bits per heavy atom. The molecule has 2 aromatic rings.